The van der Waals surface area contributed by atoms with Crippen LogP contribution in [0.15, 0.2) is 30.3 Å². The molecule has 4 nitrogen and oxygen atoms in total. The molecule has 6 heteroatoms. The molecule has 0 radical (unpaired) electrons. The van der Waals surface area contributed by atoms with E-state index in [4.69, 9.17) is 0 Å². The molecular weight excluding hydrogens is 333 g/mol. The summed E-state index contributed by atoms with van der Waals surface area (Å²) in [6.45, 7) is 3.02. The van der Waals surface area contributed by atoms with Crippen LogP contribution in [0, 0.1) is 0 Å². The number of nitrogens with one attached hydrogen (secondary N) is 2. The first-order chi connectivity index (χ1) is 10.3. The molecule has 2 fully saturated rings. The highest BCUT2D eigenvalue weighted by Gasteiger charge is 2.25. The van der Waals surface area contributed by atoms with Gasteiger partial charge in [-0.3, -0.25) is 4.79 Å². The number of hydrogen-bond acceptors (Lipinski definition) is 3. The van der Waals surface area contributed by atoms with Gasteiger partial charge in [-0.1, -0.05) is 24.6 Å². The van der Waals surface area contributed by atoms with Crippen molar-refractivity contribution in [3.63, 3.8) is 0 Å². The second-order valence-electron chi connectivity index (χ2n) is 6.11. The van der Waals surface area contributed by atoms with Gasteiger partial charge in [0, 0.05) is 24.8 Å². The Morgan fingerprint density at radius 1 is 1.04 bits per heavy atom. The monoisotopic (exact) mass is 359 g/mol. The zero-order chi connectivity index (χ0) is 14.5. The van der Waals surface area contributed by atoms with Crippen LogP contribution in [0.2, 0.25) is 0 Å². The van der Waals surface area contributed by atoms with Gasteiger partial charge in [-0.2, -0.15) is 0 Å². The Morgan fingerprint density at radius 3 is 2.35 bits per heavy atom. The van der Waals surface area contributed by atoms with Crippen molar-refractivity contribution in [3.05, 3.63) is 30.3 Å². The van der Waals surface area contributed by atoms with Crippen molar-refractivity contribution >= 4 is 36.4 Å². The molecule has 1 amide bonds. The van der Waals surface area contributed by atoms with E-state index in [-0.39, 0.29) is 36.8 Å². The van der Waals surface area contributed by atoms with Crippen LogP contribution in [0.5, 0.6) is 0 Å². The van der Waals surface area contributed by atoms with Crippen LogP contribution < -0.4 is 15.5 Å². The van der Waals surface area contributed by atoms with E-state index in [1.165, 1.54) is 12.1 Å². The largest absolute Gasteiger partial charge is 0.371 e. The normalized spacial score (nSPS) is 21.7. The number of benzene rings is 1. The molecule has 23 heavy (non-hydrogen) atoms. The average molecular weight is 360 g/mol. The minimum Gasteiger partial charge on any atom is -0.371 e. The fourth-order valence-electron chi connectivity index (χ4n) is 3.30. The van der Waals surface area contributed by atoms with E-state index in [9.17, 15) is 4.79 Å². The quantitative estimate of drug-likeness (QED) is 0.871. The number of nitrogens with zero attached hydrogens (tertiary/aromatic N) is 1. The highest BCUT2D eigenvalue weighted by molar-refractivity contribution is 5.85. The zero-order valence-electron chi connectivity index (χ0n) is 13.4. The highest BCUT2D eigenvalue weighted by Crippen LogP contribution is 2.19. The van der Waals surface area contributed by atoms with Crippen LogP contribution in [-0.2, 0) is 4.79 Å². The van der Waals surface area contributed by atoms with Crippen molar-refractivity contribution in [3.8, 4) is 0 Å². The molecule has 130 valence electrons. The predicted octanol–water partition coefficient (Wildman–Crippen LogP) is 2.76. The number of amides is 1. The van der Waals surface area contributed by atoms with Gasteiger partial charge in [-0.05, 0) is 44.4 Å². The van der Waals surface area contributed by atoms with Crippen LogP contribution in [0.4, 0.5) is 5.69 Å². The van der Waals surface area contributed by atoms with Gasteiger partial charge in [0.05, 0.1) is 6.04 Å². The molecular formula is C17H27Cl2N3O. The number of rotatable bonds is 3. The second-order valence-corrected chi connectivity index (χ2v) is 6.11. The van der Waals surface area contributed by atoms with E-state index in [0.717, 1.165) is 45.3 Å². The third-order valence-corrected chi connectivity index (χ3v) is 4.59. The fraction of sp³-hybridized carbons (Fsp3) is 0.588. The highest BCUT2D eigenvalue weighted by atomic mass is 35.5. The first kappa shape index (κ1) is 20.1. The Balaban J connectivity index is 0.00000132. The van der Waals surface area contributed by atoms with Gasteiger partial charge in [0.2, 0.25) is 5.91 Å². The third kappa shape index (κ3) is 5.55. The third-order valence-electron chi connectivity index (χ3n) is 4.59. The molecule has 0 aromatic heterocycles. The summed E-state index contributed by atoms with van der Waals surface area (Å²) in [5, 5.41) is 6.55. The Hall–Kier alpha value is -0.970. The van der Waals surface area contributed by atoms with Gasteiger partial charge < -0.3 is 15.5 Å². The molecule has 1 atom stereocenters. The molecule has 0 spiro atoms. The number of carbonyl (C=O) groups excluding carboxylic acids is 1. The van der Waals surface area contributed by atoms with Gasteiger partial charge in [0.25, 0.3) is 0 Å². The summed E-state index contributed by atoms with van der Waals surface area (Å²) in [6.07, 6.45) is 5.41. The average Bonchev–Trinajstić information content (AvgIpc) is 2.57. The molecule has 0 bridgehead atoms. The minimum absolute atomic E-state index is 0. The fourth-order valence-corrected chi connectivity index (χ4v) is 3.30. The standard InChI is InChI=1S/C17H25N3O.2ClH/c21-17(16-8-4-5-11-18-16)19-14-9-12-20(13-10-14)15-6-2-1-3-7-15;;/h1-3,6-7,14,16,18H,4-5,8-13H2,(H,19,21);2*1H/t16-;;/m1../s1. The van der Waals surface area contributed by atoms with Crippen LogP contribution >= 0.6 is 24.8 Å². The zero-order valence-corrected chi connectivity index (χ0v) is 15.0. The lowest BCUT2D eigenvalue weighted by molar-refractivity contribution is -0.124. The molecule has 1 aromatic rings. The maximum absolute atomic E-state index is 12.2. The van der Waals surface area contributed by atoms with E-state index >= 15 is 0 Å². The number of halogens is 2. The Kier molecular flexibility index (Phi) is 8.74. The molecule has 0 saturated carbocycles. The maximum Gasteiger partial charge on any atom is 0.237 e. The summed E-state index contributed by atoms with van der Waals surface area (Å²) < 4.78 is 0. The Bertz CT molecular complexity index is 458. The number of anilines is 1. The van der Waals surface area contributed by atoms with E-state index in [2.05, 4.69) is 39.8 Å². The summed E-state index contributed by atoms with van der Waals surface area (Å²) in [6, 6.07) is 10.9. The van der Waals surface area contributed by atoms with Gasteiger partial charge in [-0.25, -0.2) is 0 Å². The summed E-state index contributed by atoms with van der Waals surface area (Å²) >= 11 is 0. The number of carbonyl (C=O) groups is 1. The summed E-state index contributed by atoms with van der Waals surface area (Å²) in [4.78, 5) is 14.6. The van der Waals surface area contributed by atoms with Crippen LogP contribution in [-0.4, -0.2) is 37.6 Å². The first-order valence-corrected chi connectivity index (χ1v) is 8.17. The molecule has 2 heterocycles. The molecule has 2 saturated heterocycles. The van der Waals surface area contributed by atoms with Gasteiger partial charge in [-0.15, -0.1) is 24.8 Å². The molecule has 0 aliphatic carbocycles. The minimum atomic E-state index is 0. The number of hydrogen-bond donors (Lipinski definition) is 2. The topological polar surface area (TPSA) is 44.4 Å². The molecule has 2 N–H and O–H groups in total. The SMILES string of the molecule is Cl.Cl.O=C(NC1CCN(c2ccccc2)CC1)[C@H]1CCCCN1. The van der Waals surface area contributed by atoms with Crippen molar-refractivity contribution in [2.45, 2.75) is 44.2 Å². The number of para-hydroxylation sites is 1. The van der Waals surface area contributed by atoms with E-state index < -0.39 is 0 Å². The Morgan fingerprint density at radius 2 is 1.74 bits per heavy atom. The van der Waals surface area contributed by atoms with Crippen molar-refractivity contribution in [1.82, 2.24) is 10.6 Å². The molecule has 3 rings (SSSR count). The van der Waals surface area contributed by atoms with Gasteiger partial charge >= 0.3 is 0 Å². The molecule has 0 unspecified atom stereocenters. The van der Waals surface area contributed by atoms with Crippen molar-refractivity contribution in [2.75, 3.05) is 24.5 Å². The Labute approximate surface area is 151 Å². The first-order valence-electron chi connectivity index (χ1n) is 8.17. The molecule has 2 aliphatic rings. The lowest BCUT2D eigenvalue weighted by atomic mass is 10.0. The van der Waals surface area contributed by atoms with Crippen LogP contribution in [0.25, 0.3) is 0 Å². The number of piperidine rings is 2. The van der Waals surface area contributed by atoms with E-state index in [1.54, 1.807) is 0 Å². The van der Waals surface area contributed by atoms with Gasteiger partial charge in [0.1, 0.15) is 0 Å². The summed E-state index contributed by atoms with van der Waals surface area (Å²) in [5.41, 5.74) is 1.29. The van der Waals surface area contributed by atoms with Gasteiger partial charge in [0.15, 0.2) is 0 Å². The summed E-state index contributed by atoms with van der Waals surface area (Å²) in [5.74, 6) is 0.202. The van der Waals surface area contributed by atoms with Crippen LogP contribution in [0.3, 0.4) is 0 Å². The maximum atomic E-state index is 12.2. The lowest BCUT2D eigenvalue weighted by Gasteiger charge is -2.35. The second kappa shape index (κ2) is 10.0. The summed E-state index contributed by atoms with van der Waals surface area (Å²) in [7, 11) is 0. The van der Waals surface area contributed by atoms with E-state index in [0.29, 0.717) is 6.04 Å². The van der Waals surface area contributed by atoms with Crippen LogP contribution in [0.1, 0.15) is 32.1 Å². The van der Waals surface area contributed by atoms with E-state index in [1.807, 2.05) is 6.07 Å². The predicted molar refractivity (Wildman–Crippen MR) is 100.0 cm³/mol. The molecule has 2 aliphatic heterocycles. The van der Waals surface area contributed by atoms with Crippen molar-refractivity contribution in [1.29, 1.82) is 0 Å². The van der Waals surface area contributed by atoms with Crippen molar-refractivity contribution < 1.29 is 4.79 Å². The van der Waals surface area contributed by atoms with Crippen molar-refractivity contribution in [2.24, 2.45) is 0 Å². The smallest absolute Gasteiger partial charge is 0.237 e. The lowest BCUT2D eigenvalue weighted by Crippen LogP contribution is -2.52. The molecule has 1 aromatic carbocycles.